The Morgan fingerprint density at radius 2 is 1.96 bits per heavy atom. The molecule has 2 aliphatic heterocycles. The van der Waals surface area contributed by atoms with Crippen molar-refractivity contribution >= 4 is 11.6 Å². The Balaban J connectivity index is 1.52. The van der Waals surface area contributed by atoms with Gasteiger partial charge in [-0.3, -0.25) is 14.8 Å². The van der Waals surface area contributed by atoms with E-state index in [4.69, 9.17) is 4.74 Å². The smallest absolute Gasteiger partial charge is 0.258 e. The summed E-state index contributed by atoms with van der Waals surface area (Å²) in [6, 6.07) is 7.81. The Kier molecular flexibility index (Phi) is 4.13. The van der Waals surface area contributed by atoms with Crippen molar-refractivity contribution in [1.82, 2.24) is 14.9 Å². The number of hydrogen-bond acceptors (Lipinski definition) is 5. The average molecular weight is 324 g/mol. The zero-order chi connectivity index (χ0) is 16.4. The Labute approximate surface area is 141 Å². The van der Waals surface area contributed by atoms with Crippen molar-refractivity contribution in [3.63, 3.8) is 0 Å². The van der Waals surface area contributed by atoms with Crippen LogP contribution in [0.1, 0.15) is 21.7 Å². The van der Waals surface area contributed by atoms with Gasteiger partial charge in [-0.25, -0.2) is 0 Å². The molecule has 1 fully saturated rings. The number of rotatable bonds is 4. The van der Waals surface area contributed by atoms with Crippen LogP contribution < -0.4 is 4.90 Å². The topological polar surface area (TPSA) is 58.6 Å². The largest absolute Gasteiger partial charge is 0.378 e. The van der Waals surface area contributed by atoms with Gasteiger partial charge in [0.25, 0.3) is 5.91 Å². The number of aromatic nitrogens is 2. The first-order valence-corrected chi connectivity index (χ1v) is 8.33. The third kappa shape index (κ3) is 2.85. The molecule has 2 aromatic heterocycles. The molecule has 6 heteroatoms. The van der Waals surface area contributed by atoms with E-state index in [-0.39, 0.29) is 5.91 Å². The lowest BCUT2D eigenvalue weighted by Gasteiger charge is -2.30. The lowest BCUT2D eigenvalue weighted by atomic mass is 10.1. The molecule has 24 heavy (non-hydrogen) atoms. The van der Waals surface area contributed by atoms with Crippen LogP contribution in [-0.2, 0) is 17.7 Å². The Bertz CT molecular complexity index is 729. The molecule has 0 aromatic carbocycles. The highest BCUT2D eigenvalue weighted by molar-refractivity contribution is 6.03. The van der Waals surface area contributed by atoms with Gasteiger partial charge < -0.3 is 14.5 Å². The summed E-state index contributed by atoms with van der Waals surface area (Å²) in [6.45, 7) is 4.28. The number of hydrogen-bond donors (Lipinski definition) is 0. The molecule has 4 rings (SSSR count). The van der Waals surface area contributed by atoms with Crippen molar-refractivity contribution in [2.75, 3.05) is 37.7 Å². The first kappa shape index (κ1) is 15.1. The van der Waals surface area contributed by atoms with Crippen molar-refractivity contribution in [3.05, 3.63) is 53.6 Å². The molecule has 0 bridgehead atoms. The Hall–Kier alpha value is -2.47. The van der Waals surface area contributed by atoms with E-state index >= 15 is 0 Å². The number of anilines is 1. The quantitative estimate of drug-likeness (QED) is 0.853. The van der Waals surface area contributed by atoms with Crippen LogP contribution in [0.4, 0.5) is 5.69 Å². The standard InChI is InChI=1S/C18H20N4O2/c23-18-17-15(13-22(18)8-5-14-3-1-2-6-19-14)20-7-4-16(17)21-9-11-24-12-10-21/h1-4,6-7H,5,8-13H2. The van der Waals surface area contributed by atoms with Gasteiger partial charge in [0.05, 0.1) is 36.7 Å². The van der Waals surface area contributed by atoms with Gasteiger partial charge in [-0.15, -0.1) is 0 Å². The predicted molar refractivity (Wildman–Crippen MR) is 90.0 cm³/mol. The number of morpholine rings is 1. The monoisotopic (exact) mass is 324 g/mol. The summed E-state index contributed by atoms with van der Waals surface area (Å²) in [5.41, 5.74) is 3.64. The van der Waals surface area contributed by atoms with E-state index in [1.807, 2.05) is 29.2 Å². The molecule has 0 aliphatic carbocycles. The van der Waals surface area contributed by atoms with Crippen molar-refractivity contribution in [1.29, 1.82) is 0 Å². The molecular weight excluding hydrogens is 304 g/mol. The number of amides is 1. The zero-order valence-corrected chi connectivity index (χ0v) is 13.5. The van der Waals surface area contributed by atoms with E-state index in [9.17, 15) is 4.79 Å². The molecule has 0 saturated carbocycles. The van der Waals surface area contributed by atoms with E-state index in [1.54, 1.807) is 12.4 Å². The summed E-state index contributed by atoms with van der Waals surface area (Å²) < 4.78 is 5.42. The maximum Gasteiger partial charge on any atom is 0.258 e. The minimum absolute atomic E-state index is 0.0792. The number of nitrogens with zero attached hydrogens (tertiary/aromatic N) is 4. The molecule has 0 atom stereocenters. The van der Waals surface area contributed by atoms with E-state index in [2.05, 4.69) is 14.9 Å². The van der Waals surface area contributed by atoms with Crippen molar-refractivity contribution in [2.24, 2.45) is 0 Å². The number of ether oxygens (including phenoxy) is 1. The van der Waals surface area contributed by atoms with Crippen LogP contribution in [0.2, 0.25) is 0 Å². The summed E-state index contributed by atoms with van der Waals surface area (Å²) in [5, 5.41) is 0. The van der Waals surface area contributed by atoms with Gasteiger partial charge in [-0.1, -0.05) is 6.07 Å². The molecule has 1 saturated heterocycles. The maximum atomic E-state index is 12.9. The summed E-state index contributed by atoms with van der Waals surface area (Å²) in [4.78, 5) is 25.8. The second-order valence-electron chi connectivity index (χ2n) is 6.05. The number of carbonyl (C=O) groups excluding carboxylic acids is 1. The number of carbonyl (C=O) groups is 1. The molecule has 2 aromatic rings. The van der Waals surface area contributed by atoms with Gasteiger partial charge in [-0.05, 0) is 18.2 Å². The van der Waals surface area contributed by atoms with Gasteiger partial charge in [0.15, 0.2) is 0 Å². The highest BCUT2D eigenvalue weighted by Crippen LogP contribution is 2.30. The highest BCUT2D eigenvalue weighted by atomic mass is 16.5. The summed E-state index contributed by atoms with van der Waals surface area (Å²) in [7, 11) is 0. The number of pyridine rings is 2. The van der Waals surface area contributed by atoms with E-state index in [0.717, 1.165) is 42.1 Å². The van der Waals surface area contributed by atoms with Crippen LogP contribution in [0, 0.1) is 0 Å². The van der Waals surface area contributed by atoms with Gasteiger partial charge >= 0.3 is 0 Å². The van der Waals surface area contributed by atoms with Crippen LogP contribution in [0.15, 0.2) is 36.7 Å². The minimum atomic E-state index is 0.0792. The van der Waals surface area contributed by atoms with Crippen LogP contribution in [0.5, 0.6) is 0 Å². The molecule has 0 radical (unpaired) electrons. The fourth-order valence-electron chi connectivity index (χ4n) is 3.30. The third-order valence-corrected chi connectivity index (χ3v) is 4.56. The molecule has 0 unspecified atom stereocenters. The molecule has 0 spiro atoms. The molecular formula is C18H20N4O2. The zero-order valence-electron chi connectivity index (χ0n) is 13.5. The predicted octanol–water partition coefficient (Wildman–Crippen LogP) is 1.51. The molecule has 6 nitrogen and oxygen atoms in total. The average Bonchev–Trinajstić information content (AvgIpc) is 2.98. The van der Waals surface area contributed by atoms with Crippen LogP contribution in [0.3, 0.4) is 0 Å². The summed E-state index contributed by atoms with van der Waals surface area (Å²) in [5.74, 6) is 0.0792. The fraction of sp³-hybridized carbons (Fsp3) is 0.389. The second-order valence-corrected chi connectivity index (χ2v) is 6.05. The molecule has 4 heterocycles. The van der Waals surface area contributed by atoms with Gasteiger partial charge in [-0.2, -0.15) is 0 Å². The first-order chi connectivity index (χ1) is 11.8. The summed E-state index contributed by atoms with van der Waals surface area (Å²) in [6.07, 6.45) is 4.35. The maximum absolute atomic E-state index is 12.9. The normalized spacial score (nSPS) is 17.2. The Morgan fingerprint density at radius 3 is 2.75 bits per heavy atom. The van der Waals surface area contributed by atoms with Crippen LogP contribution in [0.25, 0.3) is 0 Å². The van der Waals surface area contributed by atoms with E-state index < -0.39 is 0 Å². The SMILES string of the molecule is O=C1c2c(N3CCOCC3)ccnc2CN1CCc1ccccn1. The summed E-state index contributed by atoms with van der Waals surface area (Å²) >= 11 is 0. The van der Waals surface area contributed by atoms with Gasteiger partial charge in [0, 0.05) is 44.1 Å². The minimum Gasteiger partial charge on any atom is -0.378 e. The van der Waals surface area contributed by atoms with Crippen molar-refractivity contribution in [3.8, 4) is 0 Å². The third-order valence-electron chi connectivity index (χ3n) is 4.56. The second kappa shape index (κ2) is 6.57. The number of fused-ring (bicyclic) bond motifs is 1. The lowest BCUT2D eigenvalue weighted by Crippen LogP contribution is -2.37. The fourth-order valence-corrected chi connectivity index (χ4v) is 3.30. The lowest BCUT2D eigenvalue weighted by molar-refractivity contribution is 0.0779. The van der Waals surface area contributed by atoms with E-state index in [0.29, 0.717) is 26.3 Å². The highest BCUT2D eigenvalue weighted by Gasteiger charge is 2.32. The van der Waals surface area contributed by atoms with Gasteiger partial charge in [0.1, 0.15) is 0 Å². The van der Waals surface area contributed by atoms with Crippen molar-refractivity contribution in [2.45, 2.75) is 13.0 Å². The molecule has 1 amide bonds. The van der Waals surface area contributed by atoms with E-state index in [1.165, 1.54) is 0 Å². The Morgan fingerprint density at radius 1 is 1.08 bits per heavy atom. The molecule has 2 aliphatic rings. The van der Waals surface area contributed by atoms with Crippen molar-refractivity contribution < 1.29 is 9.53 Å². The first-order valence-electron chi connectivity index (χ1n) is 8.33. The molecule has 124 valence electrons. The van der Waals surface area contributed by atoms with Crippen LogP contribution >= 0.6 is 0 Å². The molecule has 0 N–H and O–H groups in total. The van der Waals surface area contributed by atoms with Gasteiger partial charge in [0.2, 0.25) is 0 Å². The van der Waals surface area contributed by atoms with Crippen LogP contribution in [-0.4, -0.2) is 53.6 Å².